The molecule has 2 fully saturated rings. The molecule has 2 heterocycles. The number of amides is 2. The van der Waals surface area contributed by atoms with E-state index >= 15 is 0 Å². The van der Waals surface area contributed by atoms with Crippen LogP contribution in [-0.2, 0) is 16.1 Å². The Morgan fingerprint density at radius 1 is 1.30 bits per heavy atom. The molecule has 0 bridgehead atoms. The zero-order valence-corrected chi connectivity index (χ0v) is 11.4. The Labute approximate surface area is 118 Å². The van der Waals surface area contributed by atoms with Gasteiger partial charge in [-0.25, -0.2) is 0 Å². The van der Waals surface area contributed by atoms with Gasteiger partial charge in [0.15, 0.2) is 0 Å². The minimum Gasteiger partial charge on any atom is -0.352 e. The summed E-state index contributed by atoms with van der Waals surface area (Å²) >= 11 is 0. The van der Waals surface area contributed by atoms with Gasteiger partial charge in [-0.2, -0.15) is 0 Å². The topological polar surface area (TPSA) is 61.4 Å². The van der Waals surface area contributed by atoms with Crippen LogP contribution in [0.5, 0.6) is 0 Å². The van der Waals surface area contributed by atoms with Gasteiger partial charge in [-0.3, -0.25) is 9.59 Å². The molecule has 5 nitrogen and oxygen atoms in total. The second-order valence-electron chi connectivity index (χ2n) is 5.39. The molecule has 1 aromatic carbocycles. The molecule has 2 aliphatic rings. The van der Waals surface area contributed by atoms with Gasteiger partial charge in [-0.15, -0.1) is 0 Å². The Balaban J connectivity index is 1.55. The molecule has 0 atom stereocenters. The minimum atomic E-state index is 0.113. The number of anilines is 1. The molecule has 1 aromatic rings. The fourth-order valence-corrected chi connectivity index (χ4v) is 2.52. The highest BCUT2D eigenvalue weighted by molar-refractivity contribution is 5.95. The van der Waals surface area contributed by atoms with E-state index in [9.17, 15) is 9.59 Å². The maximum absolute atomic E-state index is 11.7. The number of nitrogens with zero attached hydrogens (tertiary/aromatic N) is 1. The van der Waals surface area contributed by atoms with Crippen molar-refractivity contribution >= 4 is 17.5 Å². The molecule has 5 heteroatoms. The smallest absolute Gasteiger partial charge is 0.227 e. The first-order valence-corrected chi connectivity index (χ1v) is 7.12. The maximum Gasteiger partial charge on any atom is 0.227 e. The first kappa shape index (κ1) is 13.1. The van der Waals surface area contributed by atoms with Gasteiger partial charge in [0.25, 0.3) is 0 Å². The molecular formula is C15H19N3O2. The third kappa shape index (κ3) is 2.67. The summed E-state index contributed by atoms with van der Waals surface area (Å²) in [4.78, 5) is 25.2. The van der Waals surface area contributed by atoms with Gasteiger partial charge in [-0.05, 0) is 24.1 Å². The van der Waals surface area contributed by atoms with Crippen LogP contribution in [0.1, 0.15) is 18.4 Å². The fraction of sp³-hybridized carbons (Fsp3) is 0.467. The normalized spacial score (nSPS) is 19.0. The fourth-order valence-electron chi connectivity index (χ4n) is 2.52. The van der Waals surface area contributed by atoms with E-state index in [1.807, 2.05) is 29.2 Å². The van der Waals surface area contributed by atoms with Crippen molar-refractivity contribution in [3.8, 4) is 0 Å². The third-order valence-electron chi connectivity index (χ3n) is 3.94. The van der Waals surface area contributed by atoms with Gasteiger partial charge in [0.2, 0.25) is 11.8 Å². The molecule has 0 unspecified atom stereocenters. The molecular weight excluding hydrogens is 254 g/mol. The largest absolute Gasteiger partial charge is 0.352 e. The standard InChI is InChI=1S/C15H19N3O2/c19-14-2-1-7-18(14)13-5-3-11(4-6-13)8-17-15(20)12-9-16-10-12/h3-6,12,16H,1-2,7-10H2,(H,17,20). The van der Waals surface area contributed by atoms with E-state index in [0.717, 1.165) is 37.3 Å². The summed E-state index contributed by atoms with van der Waals surface area (Å²) in [6.07, 6.45) is 1.58. The Hall–Kier alpha value is -1.88. The van der Waals surface area contributed by atoms with Crippen molar-refractivity contribution in [3.05, 3.63) is 29.8 Å². The van der Waals surface area contributed by atoms with Crippen molar-refractivity contribution < 1.29 is 9.59 Å². The first-order valence-electron chi connectivity index (χ1n) is 7.12. The van der Waals surface area contributed by atoms with Gasteiger partial charge in [0, 0.05) is 38.3 Å². The number of hydrogen-bond acceptors (Lipinski definition) is 3. The molecule has 106 valence electrons. The summed E-state index contributed by atoms with van der Waals surface area (Å²) in [5, 5.41) is 6.02. The first-order chi connectivity index (χ1) is 9.74. The van der Waals surface area contributed by atoms with Gasteiger partial charge in [0.1, 0.15) is 0 Å². The number of nitrogens with one attached hydrogen (secondary N) is 2. The highest BCUT2D eigenvalue weighted by Gasteiger charge is 2.24. The second kappa shape index (κ2) is 5.63. The summed E-state index contributed by atoms with van der Waals surface area (Å²) in [6.45, 7) is 2.91. The Bertz CT molecular complexity index is 508. The van der Waals surface area contributed by atoms with Gasteiger partial charge in [-0.1, -0.05) is 12.1 Å². The zero-order valence-electron chi connectivity index (χ0n) is 11.4. The monoisotopic (exact) mass is 273 g/mol. The molecule has 0 radical (unpaired) electrons. The molecule has 2 N–H and O–H groups in total. The van der Waals surface area contributed by atoms with E-state index in [4.69, 9.17) is 0 Å². The van der Waals surface area contributed by atoms with Crippen LogP contribution in [0.2, 0.25) is 0 Å². The number of hydrogen-bond donors (Lipinski definition) is 2. The summed E-state index contributed by atoms with van der Waals surface area (Å²) in [5.41, 5.74) is 2.01. The molecule has 0 spiro atoms. The number of carbonyl (C=O) groups is 2. The number of carbonyl (C=O) groups excluding carboxylic acids is 2. The Morgan fingerprint density at radius 2 is 2.05 bits per heavy atom. The molecule has 20 heavy (non-hydrogen) atoms. The number of rotatable bonds is 4. The summed E-state index contributed by atoms with van der Waals surface area (Å²) in [7, 11) is 0. The van der Waals surface area contributed by atoms with Gasteiger partial charge < -0.3 is 15.5 Å². The number of benzene rings is 1. The molecule has 3 rings (SSSR count). The molecule has 0 aliphatic carbocycles. The summed E-state index contributed by atoms with van der Waals surface area (Å²) in [5.74, 6) is 0.433. The van der Waals surface area contributed by atoms with E-state index in [1.54, 1.807) is 0 Å². The van der Waals surface area contributed by atoms with Crippen molar-refractivity contribution in [2.45, 2.75) is 19.4 Å². The summed E-state index contributed by atoms with van der Waals surface area (Å²) < 4.78 is 0. The van der Waals surface area contributed by atoms with Crippen LogP contribution in [-0.4, -0.2) is 31.4 Å². The molecule has 2 aliphatic heterocycles. The van der Waals surface area contributed by atoms with E-state index in [2.05, 4.69) is 10.6 Å². The Morgan fingerprint density at radius 3 is 2.60 bits per heavy atom. The van der Waals surface area contributed by atoms with E-state index < -0.39 is 0 Å². The second-order valence-corrected chi connectivity index (χ2v) is 5.39. The van der Waals surface area contributed by atoms with Crippen LogP contribution in [0.4, 0.5) is 5.69 Å². The minimum absolute atomic E-state index is 0.113. The van der Waals surface area contributed by atoms with Crippen LogP contribution in [0.3, 0.4) is 0 Å². The van der Waals surface area contributed by atoms with E-state index in [-0.39, 0.29) is 17.7 Å². The summed E-state index contributed by atoms with van der Waals surface area (Å²) in [6, 6.07) is 7.85. The average molecular weight is 273 g/mol. The predicted molar refractivity (Wildman–Crippen MR) is 76.2 cm³/mol. The lowest BCUT2D eigenvalue weighted by atomic mass is 10.0. The molecule has 2 saturated heterocycles. The van der Waals surface area contributed by atoms with Gasteiger partial charge >= 0.3 is 0 Å². The quantitative estimate of drug-likeness (QED) is 0.846. The van der Waals surface area contributed by atoms with Gasteiger partial charge in [0.05, 0.1) is 5.92 Å². The van der Waals surface area contributed by atoms with Crippen LogP contribution >= 0.6 is 0 Å². The lowest BCUT2D eigenvalue weighted by molar-refractivity contribution is -0.126. The van der Waals surface area contributed by atoms with Crippen LogP contribution in [0.15, 0.2) is 24.3 Å². The van der Waals surface area contributed by atoms with Crippen LogP contribution in [0.25, 0.3) is 0 Å². The zero-order chi connectivity index (χ0) is 13.9. The predicted octanol–water partition coefficient (Wildman–Crippen LogP) is 0.649. The van der Waals surface area contributed by atoms with Crippen molar-refractivity contribution in [1.29, 1.82) is 0 Å². The highest BCUT2D eigenvalue weighted by Crippen LogP contribution is 2.21. The van der Waals surface area contributed by atoms with Crippen molar-refractivity contribution in [1.82, 2.24) is 10.6 Å². The highest BCUT2D eigenvalue weighted by atomic mass is 16.2. The molecule has 0 aromatic heterocycles. The molecule has 0 saturated carbocycles. The third-order valence-corrected chi connectivity index (χ3v) is 3.94. The van der Waals surface area contributed by atoms with Crippen molar-refractivity contribution in [3.63, 3.8) is 0 Å². The lowest BCUT2D eigenvalue weighted by Crippen LogP contribution is -2.50. The SMILES string of the molecule is O=C(NCc1ccc(N2CCCC2=O)cc1)C1CNC1. The van der Waals surface area contributed by atoms with E-state index in [0.29, 0.717) is 13.0 Å². The van der Waals surface area contributed by atoms with Crippen LogP contribution in [0, 0.1) is 5.92 Å². The van der Waals surface area contributed by atoms with Crippen molar-refractivity contribution in [2.24, 2.45) is 5.92 Å². The molecule has 2 amide bonds. The van der Waals surface area contributed by atoms with Crippen molar-refractivity contribution in [2.75, 3.05) is 24.5 Å². The maximum atomic E-state index is 11.7. The Kier molecular flexibility index (Phi) is 3.69. The lowest BCUT2D eigenvalue weighted by Gasteiger charge is -2.25. The van der Waals surface area contributed by atoms with E-state index in [1.165, 1.54) is 0 Å². The average Bonchev–Trinajstić information content (AvgIpc) is 2.81. The van der Waals surface area contributed by atoms with Crippen LogP contribution < -0.4 is 15.5 Å².